The second-order valence-electron chi connectivity index (χ2n) is 12.1. The summed E-state index contributed by atoms with van der Waals surface area (Å²) in [6.07, 6.45) is 4.42. The van der Waals surface area contributed by atoms with Crippen molar-refractivity contribution in [3.8, 4) is 22.4 Å². The molecule has 2 aliphatic heterocycles. The van der Waals surface area contributed by atoms with E-state index in [4.69, 9.17) is 16.7 Å². The van der Waals surface area contributed by atoms with Crippen molar-refractivity contribution in [2.45, 2.75) is 52.2 Å². The maximum Gasteiger partial charge on any atom is 0.251 e. The lowest BCUT2D eigenvalue weighted by atomic mass is 9.96. The lowest BCUT2D eigenvalue weighted by Gasteiger charge is -2.27. The largest absolute Gasteiger partial charge is 0.346 e. The molecule has 0 atom stereocenters. The van der Waals surface area contributed by atoms with Crippen LogP contribution in [0.1, 0.15) is 52.8 Å². The van der Waals surface area contributed by atoms with Crippen molar-refractivity contribution in [2.24, 2.45) is 0 Å². The van der Waals surface area contributed by atoms with Crippen LogP contribution in [-0.4, -0.2) is 62.6 Å². The van der Waals surface area contributed by atoms with Gasteiger partial charge in [0.05, 0.1) is 22.5 Å². The van der Waals surface area contributed by atoms with Gasteiger partial charge in [-0.3, -0.25) is 14.3 Å². The molecular weight excluding hydrogens is 616 g/mol. The van der Waals surface area contributed by atoms with Crippen LogP contribution in [0.25, 0.3) is 32.6 Å². The number of benzene rings is 3. The third-order valence-corrected chi connectivity index (χ3v) is 10.4. The van der Waals surface area contributed by atoms with E-state index >= 15 is 0 Å². The highest BCUT2D eigenvalue weighted by molar-refractivity contribution is 7.18. The van der Waals surface area contributed by atoms with E-state index in [0.717, 1.165) is 69.1 Å². The Morgan fingerprint density at radius 2 is 1.80 bits per heavy atom. The summed E-state index contributed by atoms with van der Waals surface area (Å²) in [5.74, 6) is -0.0899. The highest BCUT2D eigenvalue weighted by Gasteiger charge is 2.27. The number of aryl methyl sites for hydroxylation is 1. The van der Waals surface area contributed by atoms with Crippen molar-refractivity contribution in [3.05, 3.63) is 93.6 Å². The number of rotatable bonds is 9. The smallest absolute Gasteiger partial charge is 0.251 e. The van der Waals surface area contributed by atoms with E-state index in [0.29, 0.717) is 30.2 Å². The molecule has 0 unspecified atom stereocenters. The summed E-state index contributed by atoms with van der Waals surface area (Å²) in [6.45, 7) is 7.57. The summed E-state index contributed by atoms with van der Waals surface area (Å²) in [6, 6.07) is 21.5. The van der Waals surface area contributed by atoms with Gasteiger partial charge in [-0.2, -0.15) is 5.10 Å². The van der Waals surface area contributed by atoms with Crippen molar-refractivity contribution < 1.29 is 9.59 Å². The number of carbonyl (C=O) groups excluding carboxylic acids is 2. The van der Waals surface area contributed by atoms with Crippen LogP contribution in [0.15, 0.2) is 66.7 Å². The van der Waals surface area contributed by atoms with E-state index in [1.807, 2.05) is 65.6 Å². The molecule has 5 aromatic rings. The zero-order valence-electron chi connectivity index (χ0n) is 26.0. The number of fused-ring (bicyclic) bond motifs is 2. The first-order valence-corrected chi connectivity index (χ1v) is 17.2. The topological polar surface area (TPSA) is 83.4 Å². The minimum Gasteiger partial charge on any atom is -0.346 e. The lowest BCUT2D eigenvalue weighted by molar-refractivity contribution is -0.129. The quantitative estimate of drug-likeness (QED) is 0.189. The van der Waals surface area contributed by atoms with Gasteiger partial charge in [-0.05, 0) is 80.9 Å². The minimum atomic E-state index is -0.167. The number of thiazole rings is 1. The molecular formula is C36H37ClN6O2S. The molecule has 0 aliphatic carbocycles. The average Bonchev–Trinajstić information content (AvgIpc) is 3.83. The first-order valence-electron chi connectivity index (χ1n) is 16.0. The molecule has 0 radical (unpaired) electrons. The van der Waals surface area contributed by atoms with E-state index in [1.165, 1.54) is 31.6 Å². The first kappa shape index (κ1) is 30.6. The molecule has 0 bridgehead atoms. The number of amides is 2. The molecule has 2 amide bonds. The van der Waals surface area contributed by atoms with Crippen LogP contribution < -0.4 is 5.32 Å². The zero-order valence-corrected chi connectivity index (χ0v) is 27.5. The van der Waals surface area contributed by atoms with Crippen molar-refractivity contribution in [1.29, 1.82) is 0 Å². The lowest BCUT2D eigenvalue weighted by Crippen LogP contribution is -2.34. The SMILES string of the molecule is CC(=O)N1CCc2c(c(-c3ccc(Cl)c(-c4cccc(C(=O)NCc5nc6ccccc6s5)c4)c3)nn2CCCN2CCCC2)C1. The second-order valence-corrected chi connectivity index (χ2v) is 13.6. The Morgan fingerprint density at radius 1 is 0.957 bits per heavy atom. The third-order valence-electron chi connectivity index (χ3n) is 9.04. The summed E-state index contributed by atoms with van der Waals surface area (Å²) < 4.78 is 3.27. The summed E-state index contributed by atoms with van der Waals surface area (Å²) in [4.78, 5) is 34.6. The van der Waals surface area contributed by atoms with E-state index in [9.17, 15) is 9.59 Å². The maximum absolute atomic E-state index is 13.2. The van der Waals surface area contributed by atoms with Gasteiger partial charge >= 0.3 is 0 Å². The molecule has 8 nitrogen and oxygen atoms in total. The summed E-state index contributed by atoms with van der Waals surface area (Å²) in [7, 11) is 0. The van der Waals surface area contributed by atoms with Gasteiger partial charge in [0.1, 0.15) is 5.01 Å². The van der Waals surface area contributed by atoms with E-state index in [-0.39, 0.29) is 11.8 Å². The predicted octanol–water partition coefficient (Wildman–Crippen LogP) is 6.80. The zero-order chi connectivity index (χ0) is 31.6. The van der Waals surface area contributed by atoms with Crippen molar-refractivity contribution in [2.75, 3.05) is 26.2 Å². The normalized spacial score (nSPS) is 15.0. The van der Waals surface area contributed by atoms with Crippen molar-refractivity contribution >= 4 is 45.0 Å². The fraction of sp³-hybridized carbons (Fsp3) is 0.333. The van der Waals surface area contributed by atoms with Crippen LogP contribution in [0.4, 0.5) is 0 Å². The highest BCUT2D eigenvalue weighted by Crippen LogP contribution is 2.36. The molecule has 10 heteroatoms. The van der Waals surface area contributed by atoms with Crippen molar-refractivity contribution in [3.63, 3.8) is 0 Å². The molecule has 1 fully saturated rings. The Kier molecular flexibility index (Phi) is 8.88. The minimum absolute atomic E-state index is 0.0772. The van der Waals surface area contributed by atoms with Gasteiger partial charge in [-0.15, -0.1) is 11.3 Å². The molecule has 46 heavy (non-hydrogen) atoms. The predicted molar refractivity (Wildman–Crippen MR) is 184 cm³/mol. The maximum atomic E-state index is 13.2. The molecule has 236 valence electrons. The number of hydrogen-bond acceptors (Lipinski definition) is 6. The van der Waals surface area contributed by atoms with Crippen LogP contribution in [0.2, 0.25) is 5.02 Å². The first-order chi connectivity index (χ1) is 22.4. The van der Waals surface area contributed by atoms with Crippen LogP contribution >= 0.6 is 22.9 Å². The molecule has 2 aliphatic rings. The van der Waals surface area contributed by atoms with Gasteiger partial charge in [0.25, 0.3) is 5.91 Å². The van der Waals surface area contributed by atoms with Crippen LogP contribution in [0, 0.1) is 0 Å². The molecule has 1 saturated heterocycles. The van der Waals surface area contributed by atoms with Gasteiger partial charge in [0.2, 0.25) is 5.91 Å². The number of nitrogens with one attached hydrogen (secondary N) is 1. The van der Waals surface area contributed by atoms with Gasteiger partial charge in [0, 0.05) is 65.9 Å². The Labute approximate surface area is 278 Å². The summed E-state index contributed by atoms with van der Waals surface area (Å²) in [5.41, 5.74) is 7.35. The molecule has 3 aromatic carbocycles. The van der Waals surface area contributed by atoms with Crippen LogP contribution in [0.5, 0.6) is 0 Å². The van der Waals surface area contributed by atoms with Gasteiger partial charge in [0.15, 0.2) is 0 Å². The highest BCUT2D eigenvalue weighted by atomic mass is 35.5. The summed E-state index contributed by atoms with van der Waals surface area (Å²) >= 11 is 8.37. The second kappa shape index (κ2) is 13.4. The average molecular weight is 653 g/mol. The Morgan fingerprint density at radius 3 is 2.63 bits per heavy atom. The fourth-order valence-corrected chi connectivity index (χ4v) is 7.74. The fourth-order valence-electron chi connectivity index (χ4n) is 6.60. The van der Waals surface area contributed by atoms with Crippen LogP contribution in [0.3, 0.4) is 0 Å². The molecule has 0 spiro atoms. The Balaban J connectivity index is 1.14. The van der Waals surface area contributed by atoms with Crippen molar-refractivity contribution in [1.82, 2.24) is 29.9 Å². The number of likely N-dealkylation sites (tertiary alicyclic amines) is 1. The number of para-hydroxylation sites is 1. The van der Waals surface area contributed by atoms with E-state index < -0.39 is 0 Å². The van der Waals surface area contributed by atoms with Gasteiger partial charge in [-0.25, -0.2) is 4.98 Å². The number of nitrogens with zero attached hydrogens (tertiary/aromatic N) is 5. The molecule has 7 rings (SSSR count). The number of carbonyl (C=O) groups is 2. The van der Waals surface area contributed by atoms with Gasteiger partial charge in [-0.1, -0.05) is 41.9 Å². The van der Waals surface area contributed by atoms with E-state index in [1.54, 1.807) is 18.3 Å². The third kappa shape index (κ3) is 6.45. The molecule has 2 aromatic heterocycles. The molecule has 0 saturated carbocycles. The molecule has 1 N–H and O–H groups in total. The Bertz CT molecular complexity index is 1880. The van der Waals surface area contributed by atoms with E-state index in [2.05, 4.69) is 25.9 Å². The summed E-state index contributed by atoms with van der Waals surface area (Å²) in [5, 5.41) is 9.63. The number of hydrogen-bond donors (Lipinski definition) is 1. The standard InChI is InChI=1S/C36H37ClN6O2S/c1-24(44)42-19-14-32-29(23-42)35(40-43(32)18-7-17-41-15-4-5-16-41)26-12-13-30(37)28(21-26)25-8-6-9-27(20-25)36(45)38-22-34-39-31-10-2-3-11-33(31)46-34/h2-3,6,8-13,20-21H,4-5,7,14-19,22-23H2,1H3,(H,38,45). The van der Waals surface area contributed by atoms with Crippen LogP contribution in [-0.2, 0) is 30.8 Å². The van der Waals surface area contributed by atoms with Gasteiger partial charge < -0.3 is 15.1 Å². The number of halogens is 1. The molecule has 4 heterocycles. The Hall–Kier alpha value is -4.05. The number of aromatic nitrogens is 3. The monoisotopic (exact) mass is 652 g/mol.